The number of thiazole rings is 1. The number of benzene rings is 2. The van der Waals surface area contributed by atoms with Crippen LogP contribution in [0, 0.1) is 0 Å². The van der Waals surface area contributed by atoms with Gasteiger partial charge in [0.1, 0.15) is 5.01 Å². The van der Waals surface area contributed by atoms with Crippen LogP contribution in [0.25, 0.3) is 10.2 Å². The lowest BCUT2D eigenvalue weighted by Gasteiger charge is -2.33. The number of hydrogen-bond acceptors (Lipinski definition) is 4. The molecule has 1 aromatic heterocycles. The highest BCUT2D eigenvalue weighted by molar-refractivity contribution is 7.18. The van der Waals surface area contributed by atoms with Crippen LogP contribution in [0.4, 0.5) is 0 Å². The summed E-state index contributed by atoms with van der Waals surface area (Å²) in [5.41, 5.74) is 2.32. The molecule has 1 aliphatic heterocycles. The highest BCUT2D eigenvalue weighted by Crippen LogP contribution is 2.35. The van der Waals surface area contributed by atoms with Crippen LogP contribution in [0.5, 0.6) is 0 Å². The first-order valence-electron chi connectivity index (χ1n) is 9.70. The van der Waals surface area contributed by atoms with Crippen LogP contribution in [-0.2, 0) is 11.2 Å². The highest BCUT2D eigenvalue weighted by Gasteiger charge is 2.28. The predicted molar refractivity (Wildman–Crippen MR) is 111 cm³/mol. The van der Waals surface area contributed by atoms with E-state index >= 15 is 0 Å². The number of amides is 1. The van der Waals surface area contributed by atoms with Crippen LogP contribution in [0.3, 0.4) is 0 Å². The standard InChI is InChI=1S/C22H25N3OS/c26-21(23-14-13-17-8-2-1-3-9-17)16-25-15-7-6-11-19(25)22-24-18-10-4-5-12-20(18)27-22/h1-5,8-10,12,19H,6-7,11,13-16H2,(H,23,26)/t19-/m0/s1. The van der Waals surface area contributed by atoms with E-state index in [1.165, 1.54) is 16.7 Å². The van der Waals surface area contributed by atoms with E-state index in [0.29, 0.717) is 13.1 Å². The molecule has 0 spiro atoms. The number of likely N-dealkylation sites (tertiary alicyclic amines) is 1. The summed E-state index contributed by atoms with van der Waals surface area (Å²) < 4.78 is 1.23. The lowest BCUT2D eigenvalue weighted by atomic mass is 10.0. The fourth-order valence-corrected chi connectivity index (χ4v) is 4.86. The van der Waals surface area contributed by atoms with E-state index in [1.807, 2.05) is 24.3 Å². The van der Waals surface area contributed by atoms with Gasteiger partial charge in [-0.25, -0.2) is 4.98 Å². The van der Waals surface area contributed by atoms with Gasteiger partial charge in [0.2, 0.25) is 5.91 Å². The number of aromatic nitrogens is 1. The fourth-order valence-electron chi connectivity index (χ4n) is 3.72. The van der Waals surface area contributed by atoms with Crippen molar-refractivity contribution in [1.29, 1.82) is 0 Å². The minimum atomic E-state index is 0.110. The van der Waals surface area contributed by atoms with Crippen LogP contribution in [0.2, 0.25) is 0 Å². The molecule has 0 radical (unpaired) electrons. The van der Waals surface area contributed by atoms with Gasteiger partial charge in [-0.05, 0) is 43.5 Å². The van der Waals surface area contributed by atoms with E-state index in [-0.39, 0.29) is 11.9 Å². The molecule has 1 N–H and O–H groups in total. The molecule has 1 aliphatic rings. The van der Waals surface area contributed by atoms with Gasteiger partial charge in [-0.3, -0.25) is 9.69 Å². The first-order chi connectivity index (χ1) is 13.3. The summed E-state index contributed by atoms with van der Waals surface area (Å²) in [6.45, 7) is 2.10. The average Bonchev–Trinajstić information content (AvgIpc) is 3.13. The van der Waals surface area contributed by atoms with E-state index < -0.39 is 0 Å². The Bertz CT molecular complexity index is 860. The Hall–Kier alpha value is -2.24. The van der Waals surface area contributed by atoms with Gasteiger partial charge in [0.15, 0.2) is 0 Å². The summed E-state index contributed by atoms with van der Waals surface area (Å²) in [6, 6.07) is 18.8. The topological polar surface area (TPSA) is 45.2 Å². The zero-order valence-electron chi connectivity index (χ0n) is 15.4. The average molecular weight is 380 g/mol. The molecule has 140 valence electrons. The monoisotopic (exact) mass is 379 g/mol. The van der Waals surface area contributed by atoms with Crippen molar-refractivity contribution in [2.24, 2.45) is 0 Å². The molecular weight excluding hydrogens is 354 g/mol. The summed E-state index contributed by atoms with van der Waals surface area (Å²) in [4.78, 5) is 19.6. The number of nitrogens with zero attached hydrogens (tertiary/aromatic N) is 2. The maximum absolute atomic E-state index is 12.5. The second-order valence-corrected chi connectivity index (χ2v) is 8.15. The molecule has 0 aliphatic carbocycles. The Morgan fingerprint density at radius 3 is 2.78 bits per heavy atom. The van der Waals surface area contributed by atoms with Crippen LogP contribution in [-0.4, -0.2) is 35.4 Å². The first kappa shape index (κ1) is 18.1. The molecule has 4 rings (SSSR count). The molecule has 0 bridgehead atoms. The number of para-hydroxylation sites is 1. The third kappa shape index (κ3) is 4.54. The van der Waals surface area contributed by atoms with Gasteiger partial charge in [0.05, 0.1) is 22.8 Å². The SMILES string of the molecule is O=C(CN1CCCC[C@H]1c1nc2ccccc2s1)NCCc1ccccc1. The molecule has 2 aromatic carbocycles. The Balaban J connectivity index is 1.36. The Labute approximate surface area is 164 Å². The molecular formula is C22H25N3OS. The van der Waals surface area contributed by atoms with Crippen LogP contribution < -0.4 is 5.32 Å². The number of rotatable bonds is 6. The molecule has 1 saturated heterocycles. The Morgan fingerprint density at radius 1 is 1.11 bits per heavy atom. The molecule has 5 heteroatoms. The maximum Gasteiger partial charge on any atom is 0.234 e. The van der Waals surface area contributed by atoms with E-state index in [4.69, 9.17) is 4.98 Å². The molecule has 0 unspecified atom stereocenters. The second-order valence-electron chi connectivity index (χ2n) is 7.09. The van der Waals surface area contributed by atoms with Crippen molar-refractivity contribution in [2.45, 2.75) is 31.7 Å². The van der Waals surface area contributed by atoms with Gasteiger partial charge in [-0.1, -0.05) is 48.9 Å². The molecule has 0 saturated carbocycles. The zero-order chi connectivity index (χ0) is 18.5. The van der Waals surface area contributed by atoms with E-state index in [2.05, 4.69) is 40.5 Å². The van der Waals surface area contributed by atoms with E-state index in [9.17, 15) is 4.79 Å². The third-order valence-corrected chi connectivity index (χ3v) is 6.27. The summed E-state index contributed by atoms with van der Waals surface area (Å²) in [6.07, 6.45) is 4.30. The summed E-state index contributed by atoms with van der Waals surface area (Å²) >= 11 is 1.77. The lowest BCUT2D eigenvalue weighted by Crippen LogP contribution is -2.42. The van der Waals surface area contributed by atoms with Gasteiger partial charge < -0.3 is 5.32 Å². The van der Waals surface area contributed by atoms with Crippen molar-refractivity contribution < 1.29 is 4.79 Å². The van der Waals surface area contributed by atoms with Crippen molar-refractivity contribution in [1.82, 2.24) is 15.2 Å². The van der Waals surface area contributed by atoms with E-state index in [1.54, 1.807) is 11.3 Å². The molecule has 2 heterocycles. The fraction of sp³-hybridized carbons (Fsp3) is 0.364. The quantitative estimate of drug-likeness (QED) is 0.699. The van der Waals surface area contributed by atoms with Crippen LogP contribution >= 0.6 is 11.3 Å². The molecule has 27 heavy (non-hydrogen) atoms. The number of piperidine rings is 1. The minimum absolute atomic E-state index is 0.110. The van der Waals surface area contributed by atoms with Crippen molar-refractivity contribution in [2.75, 3.05) is 19.6 Å². The number of fused-ring (bicyclic) bond motifs is 1. The van der Waals surface area contributed by atoms with Gasteiger partial charge in [0, 0.05) is 6.54 Å². The van der Waals surface area contributed by atoms with E-state index in [0.717, 1.165) is 36.3 Å². The van der Waals surface area contributed by atoms with Gasteiger partial charge in [-0.15, -0.1) is 11.3 Å². The summed E-state index contributed by atoms with van der Waals surface area (Å²) in [5.74, 6) is 0.110. The third-order valence-electron chi connectivity index (χ3n) is 5.13. The van der Waals surface area contributed by atoms with Crippen LogP contribution in [0.1, 0.15) is 35.9 Å². The summed E-state index contributed by atoms with van der Waals surface area (Å²) in [7, 11) is 0. The maximum atomic E-state index is 12.5. The lowest BCUT2D eigenvalue weighted by molar-refractivity contribution is -0.123. The normalized spacial score (nSPS) is 17.9. The van der Waals surface area contributed by atoms with Crippen molar-refractivity contribution >= 4 is 27.5 Å². The van der Waals surface area contributed by atoms with Gasteiger partial charge in [0.25, 0.3) is 0 Å². The molecule has 1 atom stereocenters. The second kappa shape index (κ2) is 8.63. The highest BCUT2D eigenvalue weighted by atomic mass is 32.1. The molecule has 3 aromatic rings. The summed E-state index contributed by atoms with van der Waals surface area (Å²) in [5, 5.41) is 4.23. The molecule has 4 nitrogen and oxygen atoms in total. The van der Waals surface area contributed by atoms with Gasteiger partial charge in [-0.2, -0.15) is 0 Å². The number of carbonyl (C=O) groups excluding carboxylic acids is 1. The van der Waals surface area contributed by atoms with Crippen molar-refractivity contribution in [3.05, 3.63) is 65.2 Å². The number of carbonyl (C=O) groups is 1. The zero-order valence-corrected chi connectivity index (χ0v) is 16.3. The first-order valence-corrected chi connectivity index (χ1v) is 10.5. The molecule has 1 fully saturated rings. The molecule has 1 amide bonds. The predicted octanol–water partition coefficient (Wildman–Crippen LogP) is 4.18. The largest absolute Gasteiger partial charge is 0.355 e. The number of nitrogens with one attached hydrogen (secondary N) is 1. The van der Waals surface area contributed by atoms with Crippen molar-refractivity contribution in [3.63, 3.8) is 0 Å². The minimum Gasteiger partial charge on any atom is -0.355 e. The van der Waals surface area contributed by atoms with Gasteiger partial charge >= 0.3 is 0 Å². The Morgan fingerprint density at radius 2 is 1.93 bits per heavy atom. The number of hydrogen-bond donors (Lipinski definition) is 1. The van der Waals surface area contributed by atoms with Crippen LogP contribution in [0.15, 0.2) is 54.6 Å². The Kier molecular flexibility index (Phi) is 5.80. The smallest absolute Gasteiger partial charge is 0.234 e. The van der Waals surface area contributed by atoms with Crippen molar-refractivity contribution in [3.8, 4) is 0 Å².